The first-order valence-corrected chi connectivity index (χ1v) is 7.57. The Morgan fingerprint density at radius 1 is 1.37 bits per heavy atom. The van der Waals surface area contributed by atoms with E-state index in [0.29, 0.717) is 24.6 Å². The van der Waals surface area contributed by atoms with Gasteiger partial charge in [-0.05, 0) is 20.8 Å². The van der Waals surface area contributed by atoms with Crippen LogP contribution >= 0.6 is 0 Å². The molecule has 19 heavy (non-hydrogen) atoms. The second kappa shape index (κ2) is 4.97. The molecule has 0 unspecified atom stereocenters. The first kappa shape index (κ1) is 14.1. The van der Waals surface area contributed by atoms with Crippen molar-refractivity contribution in [3.63, 3.8) is 0 Å². The Kier molecular flexibility index (Phi) is 3.69. The summed E-state index contributed by atoms with van der Waals surface area (Å²) in [5, 5.41) is -0.431. The minimum atomic E-state index is -3.21. The molecule has 7 heteroatoms. The molecule has 0 aliphatic carbocycles. The molecule has 6 nitrogen and oxygen atoms in total. The van der Waals surface area contributed by atoms with Crippen molar-refractivity contribution in [2.45, 2.75) is 32.1 Å². The highest BCUT2D eigenvalue weighted by atomic mass is 32.2. The molecule has 0 atom stereocenters. The van der Waals surface area contributed by atoms with Crippen LogP contribution in [0.2, 0.25) is 0 Å². The second-order valence-electron chi connectivity index (χ2n) is 4.87. The molecule has 1 aromatic heterocycles. The summed E-state index contributed by atoms with van der Waals surface area (Å²) in [5.74, 6) is 0.883. The Labute approximate surface area is 112 Å². The third-order valence-electron chi connectivity index (χ3n) is 2.94. The van der Waals surface area contributed by atoms with Crippen LogP contribution < -0.4 is 10.4 Å². The van der Waals surface area contributed by atoms with E-state index < -0.39 is 20.9 Å². The molecule has 1 aliphatic rings. The molecule has 0 bridgehead atoms. The van der Waals surface area contributed by atoms with Crippen molar-refractivity contribution in [3.05, 3.63) is 28.3 Å². The summed E-state index contributed by atoms with van der Waals surface area (Å²) < 4.78 is 35.4. The maximum absolute atomic E-state index is 11.8. The highest BCUT2D eigenvalue weighted by Gasteiger charge is 2.38. The molecule has 106 valence electrons. The molecule has 0 saturated carbocycles. The summed E-state index contributed by atoms with van der Waals surface area (Å²) in [5.41, 5.74) is -0.471. The number of hydrogen-bond acceptors (Lipinski definition) is 5. The summed E-state index contributed by atoms with van der Waals surface area (Å²) in [4.78, 5) is 11.2. The Morgan fingerprint density at radius 2 is 2.00 bits per heavy atom. The van der Waals surface area contributed by atoms with Gasteiger partial charge in [-0.25, -0.2) is 13.2 Å². The van der Waals surface area contributed by atoms with Crippen molar-refractivity contribution in [2.24, 2.45) is 0 Å². The second-order valence-corrected chi connectivity index (χ2v) is 7.36. The topological polar surface area (TPSA) is 76.8 Å². The van der Waals surface area contributed by atoms with E-state index in [1.165, 1.54) is 10.4 Å². The molecule has 1 saturated heterocycles. The van der Waals surface area contributed by atoms with Crippen molar-refractivity contribution < 1.29 is 17.6 Å². The smallest absolute Gasteiger partial charge is 0.339 e. The average molecular weight is 287 g/mol. The third kappa shape index (κ3) is 2.98. The lowest BCUT2D eigenvalue weighted by molar-refractivity contribution is 0.0749. The summed E-state index contributed by atoms with van der Waals surface area (Å²) in [7, 11) is -3.21. The molecule has 0 spiro atoms. The number of nitrogens with zero attached hydrogens (tertiary/aromatic N) is 1. The zero-order chi connectivity index (χ0) is 14.2. The molecule has 1 aliphatic heterocycles. The van der Waals surface area contributed by atoms with Gasteiger partial charge in [-0.2, -0.15) is 4.31 Å². The van der Waals surface area contributed by atoms with E-state index in [-0.39, 0.29) is 6.10 Å². The maximum atomic E-state index is 11.8. The van der Waals surface area contributed by atoms with E-state index in [1.807, 2.05) is 0 Å². The lowest BCUT2D eigenvalue weighted by atomic mass is 10.2. The highest BCUT2D eigenvalue weighted by Crippen LogP contribution is 2.22. The molecular weight excluding hydrogens is 270 g/mol. The Morgan fingerprint density at radius 3 is 2.53 bits per heavy atom. The van der Waals surface area contributed by atoms with Crippen molar-refractivity contribution in [2.75, 3.05) is 13.1 Å². The Bertz CT molecular complexity index is 613. The highest BCUT2D eigenvalue weighted by molar-refractivity contribution is 7.89. The molecule has 2 heterocycles. The van der Waals surface area contributed by atoms with Gasteiger partial charge in [-0.1, -0.05) is 0 Å². The maximum Gasteiger partial charge on any atom is 0.339 e. The standard InChI is InChI=1S/C12H17NO5S/c1-8(2)19(15,16)13-6-11(7-13)18-10-4-9(3)17-12(14)5-10/h4-5,8,11H,6-7H2,1-3H3. The van der Waals surface area contributed by atoms with E-state index in [2.05, 4.69) is 0 Å². The number of hydrogen-bond donors (Lipinski definition) is 0. The predicted octanol–water partition coefficient (Wildman–Crippen LogP) is 0.749. The fourth-order valence-electron chi connectivity index (χ4n) is 1.82. The first-order valence-electron chi connectivity index (χ1n) is 6.06. The lowest BCUT2D eigenvalue weighted by Gasteiger charge is -2.38. The summed E-state index contributed by atoms with van der Waals surface area (Å²) >= 11 is 0. The van der Waals surface area contributed by atoms with Gasteiger partial charge in [-0.15, -0.1) is 0 Å². The fourth-order valence-corrected chi connectivity index (χ4v) is 3.16. The quantitative estimate of drug-likeness (QED) is 0.816. The van der Waals surface area contributed by atoms with Gasteiger partial charge in [0, 0.05) is 6.07 Å². The summed E-state index contributed by atoms with van der Waals surface area (Å²) in [6.07, 6.45) is -0.213. The van der Waals surface area contributed by atoms with Crippen LogP contribution in [-0.2, 0) is 10.0 Å². The van der Waals surface area contributed by atoms with E-state index in [0.717, 1.165) is 0 Å². The van der Waals surface area contributed by atoms with Gasteiger partial charge in [0.25, 0.3) is 0 Å². The van der Waals surface area contributed by atoms with Crippen LogP contribution in [0.25, 0.3) is 0 Å². The van der Waals surface area contributed by atoms with Crippen molar-refractivity contribution in [3.8, 4) is 5.75 Å². The van der Waals surface area contributed by atoms with Gasteiger partial charge in [0.2, 0.25) is 10.0 Å². The number of ether oxygens (including phenoxy) is 1. The van der Waals surface area contributed by atoms with E-state index >= 15 is 0 Å². The van der Waals surface area contributed by atoms with Gasteiger partial charge >= 0.3 is 5.63 Å². The van der Waals surface area contributed by atoms with Gasteiger partial charge in [0.1, 0.15) is 17.6 Å². The minimum Gasteiger partial charge on any atom is -0.487 e. The number of sulfonamides is 1. The van der Waals surface area contributed by atoms with Crippen molar-refractivity contribution >= 4 is 10.0 Å². The molecule has 2 rings (SSSR count). The summed E-state index contributed by atoms with van der Waals surface area (Å²) in [6.45, 7) is 5.59. The Balaban J connectivity index is 1.97. The monoisotopic (exact) mass is 287 g/mol. The summed E-state index contributed by atoms with van der Waals surface area (Å²) in [6, 6.07) is 2.87. The molecule has 0 amide bonds. The first-order chi connectivity index (χ1) is 8.79. The normalized spacial score (nSPS) is 17.5. The lowest BCUT2D eigenvalue weighted by Crippen LogP contribution is -2.57. The van der Waals surface area contributed by atoms with Crippen LogP contribution in [0.3, 0.4) is 0 Å². The van der Waals surface area contributed by atoms with Crippen LogP contribution in [0.15, 0.2) is 21.3 Å². The molecule has 1 fully saturated rings. The molecule has 0 aromatic carbocycles. The molecular formula is C12H17NO5S. The van der Waals surface area contributed by atoms with Crippen molar-refractivity contribution in [1.82, 2.24) is 4.31 Å². The number of aryl methyl sites for hydroxylation is 1. The van der Waals surface area contributed by atoms with E-state index in [4.69, 9.17) is 9.15 Å². The predicted molar refractivity (Wildman–Crippen MR) is 69.8 cm³/mol. The zero-order valence-electron chi connectivity index (χ0n) is 11.1. The minimum absolute atomic E-state index is 0.213. The van der Waals surface area contributed by atoms with E-state index in [9.17, 15) is 13.2 Å². The van der Waals surface area contributed by atoms with Crippen LogP contribution in [0.1, 0.15) is 19.6 Å². The SMILES string of the molecule is Cc1cc(OC2CN(S(=O)(=O)C(C)C)C2)cc(=O)o1. The van der Waals surface area contributed by atoms with Crippen LogP contribution in [-0.4, -0.2) is 37.2 Å². The van der Waals surface area contributed by atoms with Gasteiger partial charge < -0.3 is 9.15 Å². The number of rotatable bonds is 4. The average Bonchev–Trinajstić information content (AvgIpc) is 2.20. The largest absolute Gasteiger partial charge is 0.487 e. The van der Waals surface area contributed by atoms with Gasteiger partial charge in [0.15, 0.2) is 0 Å². The molecule has 0 radical (unpaired) electrons. The zero-order valence-corrected chi connectivity index (χ0v) is 11.9. The van der Waals surface area contributed by atoms with Gasteiger partial charge in [-0.3, -0.25) is 0 Å². The van der Waals surface area contributed by atoms with Crippen LogP contribution in [0, 0.1) is 6.92 Å². The molecule has 0 N–H and O–H groups in total. The van der Waals surface area contributed by atoms with Gasteiger partial charge in [0.05, 0.1) is 24.4 Å². The fraction of sp³-hybridized carbons (Fsp3) is 0.583. The third-order valence-corrected chi connectivity index (χ3v) is 5.15. The van der Waals surface area contributed by atoms with Crippen LogP contribution in [0.4, 0.5) is 0 Å². The Hall–Kier alpha value is -1.34. The van der Waals surface area contributed by atoms with E-state index in [1.54, 1.807) is 26.8 Å². The van der Waals surface area contributed by atoms with Crippen molar-refractivity contribution in [1.29, 1.82) is 0 Å². The molecule has 1 aromatic rings. The van der Waals surface area contributed by atoms with Crippen LogP contribution in [0.5, 0.6) is 5.75 Å².